The van der Waals surface area contributed by atoms with Crippen LogP contribution in [0.5, 0.6) is 0 Å². The monoisotopic (exact) mass is 216 g/mol. The number of ether oxygens (including phenoxy) is 2. The average molecular weight is 216 g/mol. The van der Waals surface area contributed by atoms with Gasteiger partial charge in [-0.1, -0.05) is 0 Å². The first-order chi connectivity index (χ1) is 7.17. The maximum Gasteiger partial charge on any atom is 0.310 e. The maximum atomic E-state index is 11.4. The number of carbonyl (C=O) groups is 2. The van der Waals surface area contributed by atoms with E-state index in [1.807, 2.05) is 0 Å². The largest absolute Gasteiger partial charge is 0.466 e. The van der Waals surface area contributed by atoms with Crippen LogP contribution in [-0.4, -0.2) is 36.9 Å². The summed E-state index contributed by atoms with van der Waals surface area (Å²) >= 11 is 0. The smallest absolute Gasteiger partial charge is 0.310 e. The summed E-state index contributed by atoms with van der Waals surface area (Å²) < 4.78 is 9.60. The predicted molar refractivity (Wildman–Crippen MR) is 50.8 cm³/mol. The van der Waals surface area contributed by atoms with Gasteiger partial charge in [0.25, 0.3) is 0 Å². The third kappa shape index (κ3) is 2.47. The maximum absolute atomic E-state index is 11.4. The Kier molecular flexibility index (Phi) is 4.08. The van der Waals surface area contributed by atoms with Gasteiger partial charge in [-0.25, -0.2) is 0 Å². The Morgan fingerprint density at radius 3 is 1.73 bits per heavy atom. The average Bonchev–Trinajstić information content (AvgIpc) is 2.92. The molecule has 0 heterocycles. The first-order valence-electron chi connectivity index (χ1n) is 5.11. The van der Waals surface area contributed by atoms with Gasteiger partial charge in [-0.3, -0.25) is 9.59 Å². The van der Waals surface area contributed by atoms with E-state index in [1.54, 1.807) is 13.8 Å². The normalized spacial score (nSPS) is 28.3. The summed E-state index contributed by atoms with van der Waals surface area (Å²) in [4.78, 5) is 22.7. The second kappa shape index (κ2) is 5.11. The molecular weight excluding hydrogens is 200 g/mol. The van der Waals surface area contributed by atoms with Gasteiger partial charge in [-0.15, -0.1) is 0 Å². The molecule has 2 atom stereocenters. The quantitative estimate of drug-likeness (QED) is 0.653. The molecule has 1 aliphatic carbocycles. The second-order valence-electron chi connectivity index (χ2n) is 3.40. The molecule has 1 fully saturated rings. The summed E-state index contributed by atoms with van der Waals surface area (Å²) in [6, 6.07) is 0. The third-order valence-corrected chi connectivity index (χ3v) is 2.50. The fourth-order valence-corrected chi connectivity index (χ4v) is 1.72. The molecule has 15 heavy (non-hydrogen) atoms. The van der Waals surface area contributed by atoms with E-state index in [0.29, 0.717) is 0 Å². The van der Waals surface area contributed by atoms with Gasteiger partial charge in [-0.2, -0.15) is 0 Å². The van der Waals surface area contributed by atoms with E-state index in [2.05, 4.69) is 0 Å². The van der Waals surface area contributed by atoms with Gasteiger partial charge >= 0.3 is 11.9 Å². The van der Waals surface area contributed by atoms with Crippen LogP contribution in [-0.2, 0) is 19.1 Å². The number of carbonyl (C=O) groups excluding carboxylic acids is 2. The molecule has 0 radical (unpaired) electrons. The summed E-state index contributed by atoms with van der Waals surface area (Å²) in [7, 11) is 0. The highest BCUT2D eigenvalue weighted by atomic mass is 16.5. The summed E-state index contributed by atoms with van der Waals surface area (Å²) in [5.41, 5.74) is 0. The molecular formula is C10H16O5. The van der Waals surface area contributed by atoms with E-state index in [4.69, 9.17) is 14.6 Å². The van der Waals surface area contributed by atoms with Gasteiger partial charge in [0.1, 0.15) is 0 Å². The zero-order chi connectivity index (χ0) is 11.4. The lowest BCUT2D eigenvalue weighted by molar-refractivity contribution is -0.150. The van der Waals surface area contributed by atoms with Crippen LogP contribution in [0.3, 0.4) is 0 Å². The number of aliphatic hydroxyl groups is 1. The molecule has 0 amide bonds. The predicted octanol–water partition coefficient (Wildman–Crippen LogP) is -0.0329. The summed E-state index contributed by atoms with van der Waals surface area (Å²) in [6.45, 7) is 3.78. The Labute approximate surface area is 88.4 Å². The van der Waals surface area contributed by atoms with Crippen LogP contribution < -0.4 is 0 Å². The van der Waals surface area contributed by atoms with E-state index >= 15 is 0 Å². The van der Waals surface area contributed by atoms with Crippen LogP contribution in [0.15, 0.2) is 0 Å². The summed E-state index contributed by atoms with van der Waals surface area (Å²) in [5, 5.41) is 8.97. The molecule has 1 N–H and O–H groups in total. The second-order valence-corrected chi connectivity index (χ2v) is 3.40. The molecule has 0 bridgehead atoms. The lowest BCUT2D eigenvalue weighted by atomic mass is 10.3. The number of aliphatic hydroxyl groups excluding tert-OH is 1. The zero-order valence-electron chi connectivity index (χ0n) is 8.93. The molecule has 0 saturated heterocycles. The van der Waals surface area contributed by atoms with Gasteiger partial charge in [0, 0.05) is 12.5 Å². The third-order valence-electron chi connectivity index (χ3n) is 2.50. The minimum absolute atomic E-state index is 0.188. The fourth-order valence-electron chi connectivity index (χ4n) is 1.72. The van der Waals surface area contributed by atoms with Gasteiger partial charge in [0.2, 0.25) is 0 Å². The number of hydrogen-bond donors (Lipinski definition) is 1. The molecule has 1 aliphatic rings. The molecule has 0 aromatic heterocycles. The Bertz CT molecular complexity index is 226. The first-order valence-corrected chi connectivity index (χ1v) is 5.11. The van der Waals surface area contributed by atoms with Crippen molar-refractivity contribution in [1.29, 1.82) is 0 Å². The van der Waals surface area contributed by atoms with Crippen molar-refractivity contribution in [3.63, 3.8) is 0 Å². The molecule has 5 nitrogen and oxygen atoms in total. The van der Waals surface area contributed by atoms with Crippen molar-refractivity contribution in [3.05, 3.63) is 0 Å². The Balaban J connectivity index is 2.53. The van der Waals surface area contributed by atoms with E-state index in [9.17, 15) is 9.59 Å². The Morgan fingerprint density at radius 1 is 1.07 bits per heavy atom. The number of esters is 2. The molecule has 1 saturated carbocycles. The van der Waals surface area contributed by atoms with E-state index in [-0.39, 0.29) is 25.7 Å². The lowest BCUT2D eigenvalue weighted by Gasteiger charge is -2.00. The van der Waals surface area contributed by atoms with Crippen LogP contribution in [0.25, 0.3) is 0 Å². The summed E-state index contributed by atoms with van der Waals surface area (Å²) in [5.74, 6) is -2.21. The molecule has 0 aromatic carbocycles. The van der Waals surface area contributed by atoms with Crippen LogP contribution in [0.1, 0.15) is 13.8 Å². The van der Waals surface area contributed by atoms with Crippen LogP contribution >= 0.6 is 0 Å². The molecule has 1 rings (SSSR count). The van der Waals surface area contributed by atoms with Gasteiger partial charge < -0.3 is 14.6 Å². The minimum atomic E-state index is -0.519. The van der Waals surface area contributed by atoms with Crippen LogP contribution in [0.2, 0.25) is 0 Å². The number of hydrogen-bond acceptors (Lipinski definition) is 5. The van der Waals surface area contributed by atoms with Crippen LogP contribution in [0, 0.1) is 17.8 Å². The summed E-state index contributed by atoms with van der Waals surface area (Å²) in [6.07, 6.45) is 0. The van der Waals surface area contributed by atoms with E-state index < -0.39 is 23.8 Å². The lowest BCUT2D eigenvalue weighted by Crippen LogP contribution is -2.13. The fraction of sp³-hybridized carbons (Fsp3) is 0.800. The van der Waals surface area contributed by atoms with Gasteiger partial charge in [-0.05, 0) is 13.8 Å². The first kappa shape index (κ1) is 12.0. The topological polar surface area (TPSA) is 72.8 Å². The molecule has 5 heteroatoms. The molecule has 0 spiro atoms. The standard InChI is InChI=1S/C10H16O5/c1-3-14-9(12)7-6(5-11)8(7)10(13)15-4-2/h6-8,11H,3-5H2,1-2H3/t7-,8-/m0/s1. The van der Waals surface area contributed by atoms with Gasteiger partial charge in [0.05, 0.1) is 25.0 Å². The molecule has 0 unspecified atom stereocenters. The van der Waals surface area contributed by atoms with Crippen molar-refractivity contribution < 1.29 is 24.2 Å². The van der Waals surface area contributed by atoms with Crippen molar-refractivity contribution in [1.82, 2.24) is 0 Å². The highest BCUT2D eigenvalue weighted by Gasteiger charge is 2.60. The van der Waals surface area contributed by atoms with Gasteiger partial charge in [0.15, 0.2) is 0 Å². The van der Waals surface area contributed by atoms with E-state index in [1.165, 1.54) is 0 Å². The van der Waals surface area contributed by atoms with Crippen molar-refractivity contribution in [3.8, 4) is 0 Å². The Morgan fingerprint density at radius 2 is 1.47 bits per heavy atom. The van der Waals surface area contributed by atoms with Crippen molar-refractivity contribution >= 4 is 11.9 Å². The van der Waals surface area contributed by atoms with Crippen LogP contribution in [0.4, 0.5) is 0 Å². The highest BCUT2D eigenvalue weighted by molar-refractivity contribution is 5.88. The Hall–Kier alpha value is -1.10. The SMILES string of the molecule is CCOC(=O)[C@H]1C(CO)[C@@H]1C(=O)OCC. The van der Waals surface area contributed by atoms with Crippen molar-refractivity contribution in [2.45, 2.75) is 13.8 Å². The molecule has 86 valence electrons. The van der Waals surface area contributed by atoms with E-state index in [0.717, 1.165) is 0 Å². The van der Waals surface area contributed by atoms with Crippen molar-refractivity contribution in [2.24, 2.45) is 17.8 Å². The molecule has 0 aromatic rings. The number of rotatable bonds is 5. The zero-order valence-corrected chi connectivity index (χ0v) is 8.93. The minimum Gasteiger partial charge on any atom is -0.466 e. The van der Waals surface area contributed by atoms with Crippen molar-refractivity contribution in [2.75, 3.05) is 19.8 Å². The highest BCUT2D eigenvalue weighted by Crippen LogP contribution is 2.47. The molecule has 0 aliphatic heterocycles.